The summed E-state index contributed by atoms with van der Waals surface area (Å²) >= 11 is 16.0. The van der Waals surface area contributed by atoms with E-state index < -0.39 is 5.97 Å². The molecule has 1 saturated heterocycles. The molecule has 0 bridgehead atoms. The van der Waals surface area contributed by atoms with Gasteiger partial charge in [-0.3, -0.25) is 9.69 Å². The first-order valence-corrected chi connectivity index (χ1v) is 14.9. The Hall–Kier alpha value is -2.82. The lowest BCUT2D eigenvalue weighted by Gasteiger charge is -2.27. The minimum Gasteiger partial charge on any atom is -0.465 e. The Bertz CT molecular complexity index is 1350. The van der Waals surface area contributed by atoms with Crippen LogP contribution in [-0.2, 0) is 32.0 Å². The molecule has 0 aromatic heterocycles. The molecule has 218 valence electrons. The Labute approximate surface area is 258 Å². The zero-order valence-electron chi connectivity index (χ0n) is 22.5. The van der Waals surface area contributed by atoms with Gasteiger partial charge in [0.15, 0.2) is 0 Å². The highest BCUT2D eigenvalue weighted by atomic mass is 79.9. The number of halogens is 3. The molecule has 1 fully saturated rings. The van der Waals surface area contributed by atoms with E-state index in [1.54, 1.807) is 30.3 Å². The van der Waals surface area contributed by atoms with Crippen molar-refractivity contribution in [3.63, 3.8) is 0 Å². The van der Waals surface area contributed by atoms with Gasteiger partial charge in [-0.25, -0.2) is 4.79 Å². The van der Waals surface area contributed by atoms with Crippen molar-refractivity contribution >= 4 is 68.1 Å². The summed E-state index contributed by atoms with van der Waals surface area (Å²) < 4.78 is 16.9. The largest absolute Gasteiger partial charge is 0.465 e. The molecule has 0 radical (unpaired) electrons. The summed E-state index contributed by atoms with van der Waals surface area (Å²) in [5, 5.41) is 4.17. The number of benzene rings is 3. The number of morpholine rings is 1. The van der Waals surface area contributed by atoms with Gasteiger partial charge in [0.1, 0.15) is 0 Å². The summed E-state index contributed by atoms with van der Waals surface area (Å²) in [5.41, 5.74) is 10.2. The van der Waals surface area contributed by atoms with Crippen molar-refractivity contribution in [3.05, 3.63) is 85.8 Å². The Kier molecular flexibility index (Phi) is 11.7. The highest BCUT2D eigenvalue weighted by Gasteiger charge is 2.17. The van der Waals surface area contributed by atoms with Gasteiger partial charge in [0.2, 0.25) is 0 Å². The van der Waals surface area contributed by atoms with Crippen LogP contribution in [0.4, 0.5) is 17.1 Å². The van der Waals surface area contributed by atoms with Crippen molar-refractivity contribution in [2.45, 2.75) is 25.8 Å². The van der Waals surface area contributed by atoms with Crippen LogP contribution in [-0.4, -0.2) is 56.4 Å². The SMILES string of the molecule is Nc1c(Br)cc(C(=O)OCCCCOC(=O)Cc2ccccc2Nc2c(Cl)cccc2Cl)cc1CN1CCOCC1. The molecular formula is C30H32BrCl2N3O5. The van der Waals surface area contributed by atoms with Crippen molar-refractivity contribution < 1.29 is 23.8 Å². The van der Waals surface area contributed by atoms with Gasteiger partial charge in [0.25, 0.3) is 0 Å². The fourth-order valence-electron chi connectivity index (χ4n) is 4.32. The summed E-state index contributed by atoms with van der Waals surface area (Å²) in [7, 11) is 0. The first-order chi connectivity index (χ1) is 19.8. The monoisotopic (exact) mass is 663 g/mol. The van der Waals surface area contributed by atoms with Gasteiger partial charge in [-0.1, -0.05) is 47.5 Å². The van der Waals surface area contributed by atoms with E-state index >= 15 is 0 Å². The van der Waals surface area contributed by atoms with E-state index in [-0.39, 0.29) is 25.6 Å². The molecule has 0 atom stereocenters. The van der Waals surface area contributed by atoms with E-state index in [2.05, 4.69) is 26.1 Å². The standard InChI is InChI=1S/C30H32BrCl2N3O5/c31-23-17-21(16-22(28(23)34)19-36-10-14-39-15-11-36)30(38)41-13-4-3-12-40-27(37)18-20-6-1-2-9-26(20)35-29-24(32)7-5-8-25(29)33/h1-2,5-9,16-17,35H,3-4,10-15,18-19,34H2. The van der Waals surface area contributed by atoms with Crippen molar-refractivity contribution in [2.24, 2.45) is 0 Å². The number of rotatable bonds is 12. The summed E-state index contributed by atoms with van der Waals surface area (Å²) in [6, 6.07) is 16.1. The van der Waals surface area contributed by atoms with Crippen LogP contribution in [0.5, 0.6) is 0 Å². The highest BCUT2D eigenvalue weighted by Crippen LogP contribution is 2.34. The molecule has 1 aliphatic heterocycles. The lowest BCUT2D eigenvalue weighted by molar-refractivity contribution is -0.143. The molecule has 3 aromatic rings. The van der Waals surface area contributed by atoms with Crippen molar-refractivity contribution in [1.82, 2.24) is 4.90 Å². The number of anilines is 3. The molecule has 0 unspecified atom stereocenters. The zero-order valence-corrected chi connectivity index (χ0v) is 25.6. The van der Waals surface area contributed by atoms with Crippen LogP contribution >= 0.6 is 39.1 Å². The number of carbonyl (C=O) groups excluding carboxylic acids is 2. The molecule has 3 aromatic carbocycles. The topological polar surface area (TPSA) is 103 Å². The third-order valence-electron chi connectivity index (χ3n) is 6.56. The van der Waals surface area contributed by atoms with Crippen LogP contribution in [0.15, 0.2) is 59.1 Å². The maximum absolute atomic E-state index is 12.7. The third kappa shape index (κ3) is 9.08. The Morgan fingerprint density at radius 3 is 2.37 bits per heavy atom. The van der Waals surface area contributed by atoms with Gasteiger partial charge in [-0.05, 0) is 70.2 Å². The third-order valence-corrected chi connectivity index (χ3v) is 7.84. The second-order valence-electron chi connectivity index (χ2n) is 9.54. The van der Waals surface area contributed by atoms with Gasteiger partial charge in [-0.2, -0.15) is 0 Å². The number of esters is 2. The van der Waals surface area contributed by atoms with Crippen molar-refractivity contribution in [1.29, 1.82) is 0 Å². The summed E-state index contributed by atoms with van der Waals surface area (Å²) in [6.45, 7) is 4.06. The van der Waals surface area contributed by atoms with Crippen LogP contribution in [0.1, 0.15) is 34.3 Å². The molecule has 0 aliphatic carbocycles. The molecule has 0 spiro atoms. The van der Waals surface area contributed by atoms with Gasteiger partial charge >= 0.3 is 11.9 Å². The number of ether oxygens (including phenoxy) is 3. The molecule has 0 saturated carbocycles. The van der Waals surface area contributed by atoms with Crippen molar-refractivity contribution in [3.8, 4) is 0 Å². The molecule has 11 heteroatoms. The number of nitrogen functional groups attached to an aromatic ring is 1. The van der Waals surface area contributed by atoms with Crippen LogP contribution in [0, 0.1) is 0 Å². The number of nitrogens with two attached hydrogens (primary N) is 1. The predicted octanol–water partition coefficient (Wildman–Crippen LogP) is 6.64. The highest BCUT2D eigenvalue weighted by molar-refractivity contribution is 9.10. The minimum atomic E-state index is -0.423. The quantitative estimate of drug-likeness (QED) is 0.126. The van der Waals surface area contributed by atoms with Gasteiger partial charge in [-0.15, -0.1) is 0 Å². The molecular weight excluding hydrogens is 633 g/mol. The summed E-state index contributed by atoms with van der Waals surface area (Å²) in [4.78, 5) is 27.4. The number of carbonyl (C=O) groups is 2. The molecule has 41 heavy (non-hydrogen) atoms. The molecule has 4 rings (SSSR count). The first kappa shape index (κ1) is 31.1. The average molecular weight is 665 g/mol. The number of para-hydroxylation sites is 2. The van der Waals surface area contributed by atoms with Gasteiger partial charge < -0.3 is 25.3 Å². The van der Waals surface area contributed by atoms with E-state index in [9.17, 15) is 9.59 Å². The number of nitrogens with one attached hydrogen (secondary N) is 1. The summed E-state index contributed by atoms with van der Waals surface area (Å²) in [5.74, 6) is -0.783. The maximum Gasteiger partial charge on any atom is 0.338 e. The molecule has 8 nitrogen and oxygen atoms in total. The minimum absolute atomic E-state index is 0.0824. The average Bonchev–Trinajstić information content (AvgIpc) is 2.96. The van der Waals surface area contributed by atoms with Gasteiger partial charge in [0.05, 0.1) is 59.8 Å². The van der Waals surface area contributed by atoms with E-state index in [0.717, 1.165) is 24.2 Å². The van der Waals surface area contributed by atoms with Crippen LogP contribution in [0.2, 0.25) is 10.0 Å². The maximum atomic E-state index is 12.7. The Morgan fingerprint density at radius 2 is 1.63 bits per heavy atom. The smallest absolute Gasteiger partial charge is 0.338 e. The number of hydrogen-bond acceptors (Lipinski definition) is 8. The second kappa shape index (κ2) is 15.4. The van der Waals surface area contributed by atoms with E-state index in [0.29, 0.717) is 69.7 Å². The molecule has 0 amide bonds. The Balaban J connectivity index is 1.20. The fraction of sp³-hybridized carbons (Fsp3) is 0.333. The number of unbranched alkanes of at least 4 members (excludes halogenated alkanes) is 1. The second-order valence-corrected chi connectivity index (χ2v) is 11.2. The van der Waals surface area contributed by atoms with E-state index in [1.165, 1.54) is 0 Å². The molecule has 3 N–H and O–H groups in total. The predicted molar refractivity (Wildman–Crippen MR) is 165 cm³/mol. The lowest BCUT2D eigenvalue weighted by Crippen LogP contribution is -2.35. The molecule has 1 aliphatic rings. The zero-order chi connectivity index (χ0) is 29.2. The van der Waals surface area contributed by atoms with Gasteiger partial charge in [0, 0.05) is 29.8 Å². The summed E-state index contributed by atoms with van der Waals surface area (Å²) in [6.07, 6.45) is 1.19. The lowest BCUT2D eigenvalue weighted by atomic mass is 10.1. The van der Waals surface area contributed by atoms with E-state index in [1.807, 2.05) is 24.3 Å². The number of nitrogens with zero attached hydrogens (tertiary/aromatic N) is 1. The van der Waals surface area contributed by atoms with Crippen LogP contribution < -0.4 is 11.1 Å². The molecule has 1 heterocycles. The van der Waals surface area contributed by atoms with E-state index in [4.69, 9.17) is 43.1 Å². The van der Waals surface area contributed by atoms with Crippen LogP contribution in [0.3, 0.4) is 0 Å². The Morgan fingerprint density at radius 1 is 0.951 bits per heavy atom. The first-order valence-electron chi connectivity index (χ1n) is 13.3. The van der Waals surface area contributed by atoms with Crippen molar-refractivity contribution in [2.75, 3.05) is 50.6 Å². The normalized spacial score (nSPS) is 13.5. The fourth-order valence-corrected chi connectivity index (χ4v) is 5.31. The number of hydrogen-bond donors (Lipinski definition) is 2. The van der Waals surface area contributed by atoms with Crippen LogP contribution in [0.25, 0.3) is 0 Å².